The highest BCUT2D eigenvalue weighted by molar-refractivity contribution is 6.04. The maximum atomic E-state index is 13.0. The fourth-order valence-corrected chi connectivity index (χ4v) is 5.52. The largest absolute Gasteiger partial charge is 0.387 e. The van der Waals surface area contributed by atoms with Gasteiger partial charge in [0.2, 0.25) is 17.8 Å². The highest BCUT2D eigenvalue weighted by atomic mass is 16.3. The van der Waals surface area contributed by atoms with E-state index in [4.69, 9.17) is 10.1 Å². The summed E-state index contributed by atoms with van der Waals surface area (Å²) < 4.78 is 0. The van der Waals surface area contributed by atoms with Crippen molar-refractivity contribution in [2.75, 3.05) is 41.9 Å². The Kier molecular flexibility index (Phi) is 6.83. The van der Waals surface area contributed by atoms with Gasteiger partial charge in [0, 0.05) is 32.2 Å². The van der Waals surface area contributed by atoms with E-state index in [9.17, 15) is 9.59 Å². The third-order valence-electron chi connectivity index (χ3n) is 7.50. The van der Waals surface area contributed by atoms with Crippen LogP contribution >= 0.6 is 0 Å². The number of nitrogens with zero attached hydrogens (tertiary/aromatic N) is 5. The summed E-state index contributed by atoms with van der Waals surface area (Å²) in [6.45, 7) is 5.12. The second-order valence-electron chi connectivity index (χ2n) is 9.38. The first-order valence-electron chi connectivity index (χ1n) is 12.0. The lowest BCUT2D eigenvalue weighted by atomic mass is 9.90. The molecule has 0 spiro atoms. The molecular weight excluding hydrogens is 408 g/mol. The quantitative estimate of drug-likeness (QED) is 0.692. The molecule has 2 amide bonds. The van der Waals surface area contributed by atoms with Gasteiger partial charge in [-0.15, -0.1) is 0 Å². The molecule has 4 rings (SSSR count). The molecule has 2 atom stereocenters. The molecule has 0 radical (unpaired) electrons. The summed E-state index contributed by atoms with van der Waals surface area (Å²) in [6, 6.07) is 0.332. The van der Waals surface area contributed by atoms with Crippen molar-refractivity contribution in [3.63, 3.8) is 0 Å². The van der Waals surface area contributed by atoms with Crippen molar-refractivity contribution >= 4 is 29.3 Å². The van der Waals surface area contributed by atoms with Crippen LogP contribution in [0.5, 0.6) is 0 Å². The lowest BCUT2D eigenvalue weighted by molar-refractivity contribution is -0.135. The van der Waals surface area contributed by atoms with Crippen molar-refractivity contribution in [2.45, 2.75) is 76.9 Å². The molecule has 176 valence electrons. The lowest BCUT2D eigenvalue weighted by Gasteiger charge is -2.43. The number of likely N-dealkylation sites (N-methyl/N-ethyl adjacent to an activating group) is 1. The van der Waals surface area contributed by atoms with Crippen LogP contribution in [0.3, 0.4) is 0 Å². The van der Waals surface area contributed by atoms with Crippen LogP contribution in [0.4, 0.5) is 17.5 Å². The summed E-state index contributed by atoms with van der Waals surface area (Å²) in [5.74, 6) is 1.77. The Hall–Kier alpha value is -2.42. The second kappa shape index (κ2) is 9.60. The highest BCUT2D eigenvalue weighted by Crippen LogP contribution is 2.40. The van der Waals surface area contributed by atoms with Crippen LogP contribution in [0, 0.1) is 5.92 Å². The first kappa shape index (κ1) is 22.8. The number of aliphatic hydroxyl groups is 1. The molecule has 2 N–H and O–H groups in total. The van der Waals surface area contributed by atoms with Gasteiger partial charge in [-0.3, -0.25) is 9.59 Å². The Labute approximate surface area is 190 Å². The minimum absolute atomic E-state index is 0.119. The molecule has 2 aliphatic heterocycles. The van der Waals surface area contributed by atoms with Gasteiger partial charge in [-0.1, -0.05) is 19.8 Å². The third kappa shape index (κ3) is 4.27. The molecule has 1 saturated carbocycles. The Morgan fingerprint density at radius 1 is 1.25 bits per heavy atom. The van der Waals surface area contributed by atoms with Crippen molar-refractivity contribution in [2.24, 2.45) is 5.92 Å². The maximum absolute atomic E-state index is 13.0. The van der Waals surface area contributed by atoms with E-state index in [-0.39, 0.29) is 23.9 Å². The number of rotatable bonds is 6. The van der Waals surface area contributed by atoms with E-state index >= 15 is 0 Å². The van der Waals surface area contributed by atoms with Gasteiger partial charge in [-0.05, 0) is 44.9 Å². The zero-order chi connectivity index (χ0) is 22.8. The SMILES string of the molecule is CC[C@@H]1C(=O)N(C)c2cnc(NC(C)C3CCN(C(=O)CO)CC3)nc2N1C1CCCC1. The number of hydrogen-bond acceptors (Lipinski definition) is 7. The number of carbonyl (C=O) groups is 2. The summed E-state index contributed by atoms with van der Waals surface area (Å²) >= 11 is 0. The second-order valence-corrected chi connectivity index (χ2v) is 9.38. The van der Waals surface area contributed by atoms with E-state index < -0.39 is 6.61 Å². The average Bonchev–Trinajstić information content (AvgIpc) is 3.35. The zero-order valence-electron chi connectivity index (χ0n) is 19.5. The number of fused-ring (bicyclic) bond motifs is 1. The first-order chi connectivity index (χ1) is 15.4. The minimum Gasteiger partial charge on any atom is -0.387 e. The smallest absolute Gasteiger partial charge is 0.249 e. The van der Waals surface area contributed by atoms with Crippen molar-refractivity contribution in [1.82, 2.24) is 14.9 Å². The van der Waals surface area contributed by atoms with E-state index in [0.717, 1.165) is 43.6 Å². The number of carbonyl (C=O) groups excluding carboxylic acids is 2. The predicted octanol–water partition coefficient (Wildman–Crippen LogP) is 2.01. The van der Waals surface area contributed by atoms with E-state index in [1.165, 1.54) is 12.8 Å². The van der Waals surface area contributed by atoms with E-state index in [1.54, 1.807) is 16.0 Å². The molecule has 9 nitrogen and oxygen atoms in total. The number of aromatic nitrogens is 2. The number of aliphatic hydroxyl groups excluding tert-OH is 1. The zero-order valence-corrected chi connectivity index (χ0v) is 19.5. The molecule has 3 heterocycles. The number of likely N-dealkylation sites (tertiary alicyclic amines) is 1. The molecule has 1 unspecified atom stereocenters. The van der Waals surface area contributed by atoms with Crippen LogP contribution in [0.1, 0.15) is 58.8 Å². The van der Waals surface area contributed by atoms with Gasteiger partial charge in [0.15, 0.2) is 5.82 Å². The first-order valence-corrected chi connectivity index (χ1v) is 12.0. The van der Waals surface area contributed by atoms with E-state index in [2.05, 4.69) is 29.0 Å². The van der Waals surface area contributed by atoms with Gasteiger partial charge in [0.25, 0.3) is 0 Å². The van der Waals surface area contributed by atoms with Crippen molar-refractivity contribution in [1.29, 1.82) is 0 Å². The molecule has 3 aliphatic rings. The fraction of sp³-hybridized carbons (Fsp3) is 0.739. The monoisotopic (exact) mass is 444 g/mol. The normalized spacial score (nSPS) is 23.4. The Morgan fingerprint density at radius 3 is 2.56 bits per heavy atom. The molecule has 2 fully saturated rings. The van der Waals surface area contributed by atoms with Crippen LogP contribution in [0.2, 0.25) is 0 Å². The fourth-order valence-electron chi connectivity index (χ4n) is 5.52. The van der Waals surface area contributed by atoms with Gasteiger partial charge in [0.1, 0.15) is 18.3 Å². The summed E-state index contributed by atoms with van der Waals surface area (Å²) in [7, 11) is 1.82. The molecular formula is C23H36N6O3. The van der Waals surface area contributed by atoms with Gasteiger partial charge in [-0.25, -0.2) is 4.98 Å². The van der Waals surface area contributed by atoms with Gasteiger partial charge >= 0.3 is 0 Å². The van der Waals surface area contributed by atoms with Crippen LogP contribution in [0.15, 0.2) is 6.20 Å². The van der Waals surface area contributed by atoms with Crippen molar-refractivity contribution < 1.29 is 14.7 Å². The standard InChI is InChI=1S/C23H36N6O3/c1-4-18-22(32)27(3)19-13-24-23(26-21(19)29(18)17-7-5-6-8-17)25-15(2)16-9-11-28(12-10-16)20(31)14-30/h13,15-18,30H,4-12,14H2,1-3H3,(H,24,25,26)/t15?,18-/m1/s1. The molecule has 32 heavy (non-hydrogen) atoms. The van der Waals surface area contributed by atoms with Crippen molar-refractivity contribution in [3.05, 3.63) is 6.20 Å². The summed E-state index contributed by atoms with van der Waals surface area (Å²) in [5, 5.41) is 12.6. The molecule has 1 aromatic rings. The Bertz CT molecular complexity index is 835. The Morgan fingerprint density at radius 2 is 1.94 bits per heavy atom. The average molecular weight is 445 g/mol. The van der Waals surface area contributed by atoms with Gasteiger partial charge in [-0.2, -0.15) is 4.98 Å². The maximum Gasteiger partial charge on any atom is 0.249 e. The van der Waals surface area contributed by atoms with Crippen LogP contribution in [-0.4, -0.2) is 76.7 Å². The van der Waals surface area contributed by atoms with Crippen LogP contribution in [0.25, 0.3) is 0 Å². The summed E-state index contributed by atoms with van der Waals surface area (Å²) in [4.78, 5) is 39.9. The molecule has 0 bridgehead atoms. The van der Waals surface area contributed by atoms with Crippen molar-refractivity contribution in [3.8, 4) is 0 Å². The van der Waals surface area contributed by atoms with E-state index in [1.807, 2.05) is 7.05 Å². The summed E-state index contributed by atoms with van der Waals surface area (Å²) in [5.41, 5.74) is 0.778. The van der Waals surface area contributed by atoms with Crippen LogP contribution in [-0.2, 0) is 9.59 Å². The minimum atomic E-state index is -0.422. The molecule has 1 aromatic heterocycles. The molecule has 0 aromatic carbocycles. The topological polar surface area (TPSA) is 102 Å². The summed E-state index contributed by atoms with van der Waals surface area (Å²) in [6.07, 6.45) is 8.88. The number of piperidine rings is 1. The number of nitrogens with one attached hydrogen (secondary N) is 1. The van der Waals surface area contributed by atoms with E-state index in [0.29, 0.717) is 31.0 Å². The highest BCUT2D eigenvalue weighted by Gasteiger charge is 2.41. The Balaban J connectivity index is 1.51. The number of hydrogen-bond donors (Lipinski definition) is 2. The third-order valence-corrected chi connectivity index (χ3v) is 7.50. The van der Waals surface area contributed by atoms with Gasteiger partial charge in [0.05, 0.1) is 6.20 Å². The molecule has 9 heteroatoms. The number of anilines is 3. The van der Waals surface area contributed by atoms with Crippen LogP contribution < -0.4 is 15.1 Å². The molecule has 1 aliphatic carbocycles. The molecule has 1 saturated heterocycles. The lowest BCUT2D eigenvalue weighted by Crippen LogP contribution is -2.55. The number of amides is 2. The predicted molar refractivity (Wildman–Crippen MR) is 124 cm³/mol. The van der Waals surface area contributed by atoms with Gasteiger partial charge < -0.3 is 25.1 Å².